The van der Waals surface area contributed by atoms with Crippen LogP contribution in [-0.2, 0) is 19.4 Å². The van der Waals surface area contributed by atoms with E-state index in [9.17, 15) is 13.2 Å². The molecule has 1 rings (SSSR count). The zero-order valence-electron chi connectivity index (χ0n) is 11.5. The number of carbonyl (C=O) groups is 1. The van der Waals surface area contributed by atoms with E-state index in [0.717, 1.165) is 6.26 Å². The molecule has 0 bridgehead atoms. The summed E-state index contributed by atoms with van der Waals surface area (Å²) < 4.78 is 27.2. The van der Waals surface area contributed by atoms with E-state index in [1.165, 1.54) is 0 Å². The van der Waals surface area contributed by atoms with Crippen LogP contribution in [0.3, 0.4) is 0 Å². The van der Waals surface area contributed by atoms with Gasteiger partial charge >= 0.3 is 0 Å². The SMILES string of the molecule is CS(=O)(=O)CCCNC(=O)C1(C(N)=NO)CCOCC1. The number of ether oxygens (including phenoxy) is 1. The van der Waals surface area contributed by atoms with Crippen molar-refractivity contribution in [1.82, 2.24) is 5.32 Å². The molecule has 0 unspecified atom stereocenters. The monoisotopic (exact) mass is 307 g/mol. The van der Waals surface area contributed by atoms with Crippen LogP contribution in [0.15, 0.2) is 5.16 Å². The second-order valence-corrected chi connectivity index (χ2v) is 7.18. The lowest BCUT2D eigenvalue weighted by atomic mass is 9.78. The number of rotatable bonds is 6. The first kappa shape index (κ1) is 16.7. The summed E-state index contributed by atoms with van der Waals surface area (Å²) in [6.07, 6.45) is 2.14. The number of nitrogens with two attached hydrogens (primary N) is 1. The third kappa shape index (κ3) is 4.34. The smallest absolute Gasteiger partial charge is 0.234 e. The van der Waals surface area contributed by atoms with Crippen molar-refractivity contribution >= 4 is 21.6 Å². The summed E-state index contributed by atoms with van der Waals surface area (Å²) in [6, 6.07) is 0. The molecule has 1 amide bonds. The first-order chi connectivity index (χ1) is 9.32. The van der Waals surface area contributed by atoms with Gasteiger partial charge < -0.3 is 21.0 Å². The molecule has 0 aromatic heterocycles. The number of nitrogens with zero attached hydrogens (tertiary/aromatic N) is 1. The maximum atomic E-state index is 12.3. The third-order valence-corrected chi connectivity index (χ3v) is 4.39. The Morgan fingerprint density at radius 1 is 1.45 bits per heavy atom. The molecular formula is C11H21N3O5S. The average molecular weight is 307 g/mol. The van der Waals surface area contributed by atoms with Gasteiger partial charge in [-0.2, -0.15) is 0 Å². The molecular weight excluding hydrogens is 286 g/mol. The number of hydrogen-bond donors (Lipinski definition) is 3. The molecule has 9 heteroatoms. The minimum absolute atomic E-state index is 0.00691. The maximum Gasteiger partial charge on any atom is 0.234 e. The Morgan fingerprint density at radius 3 is 2.55 bits per heavy atom. The lowest BCUT2D eigenvalue weighted by Gasteiger charge is -2.34. The van der Waals surface area contributed by atoms with Gasteiger partial charge in [0, 0.05) is 26.0 Å². The predicted octanol–water partition coefficient (Wildman–Crippen LogP) is -0.919. The fourth-order valence-electron chi connectivity index (χ4n) is 2.12. The highest BCUT2D eigenvalue weighted by Gasteiger charge is 2.44. The Morgan fingerprint density at radius 2 is 2.05 bits per heavy atom. The molecule has 1 aliphatic rings. The van der Waals surface area contributed by atoms with E-state index >= 15 is 0 Å². The zero-order chi connectivity index (χ0) is 15.2. The van der Waals surface area contributed by atoms with Crippen LogP contribution in [0.4, 0.5) is 0 Å². The van der Waals surface area contributed by atoms with Gasteiger partial charge in [0.05, 0.1) is 5.75 Å². The first-order valence-corrected chi connectivity index (χ1v) is 8.40. The van der Waals surface area contributed by atoms with Gasteiger partial charge in [0.1, 0.15) is 15.3 Å². The molecule has 0 aromatic rings. The van der Waals surface area contributed by atoms with Gasteiger partial charge in [0.2, 0.25) is 5.91 Å². The highest BCUT2D eigenvalue weighted by Crippen LogP contribution is 2.31. The molecule has 0 radical (unpaired) electrons. The van der Waals surface area contributed by atoms with Crippen molar-refractivity contribution in [3.63, 3.8) is 0 Å². The second-order valence-electron chi connectivity index (χ2n) is 4.92. The van der Waals surface area contributed by atoms with E-state index in [0.29, 0.717) is 32.5 Å². The van der Waals surface area contributed by atoms with Gasteiger partial charge in [-0.1, -0.05) is 5.16 Å². The summed E-state index contributed by atoms with van der Waals surface area (Å²) in [5.41, 5.74) is 4.57. The van der Waals surface area contributed by atoms with Gasteiger partial charge in [-0.05, 0) is 19.3 Å². The Bertz CT molecular complexity index is 468. The van der Waals surface area contributed by atoms with E-state index in [1.54, 1.807) is 0 Å². The summed E-state index contributed by atoms with van der Waals surface area (Å²) in [5.74, 6) is -0.488. The molecule has 0 atom stereocenters. The Balaban J connectivity index is 2.61. The van der Waals surface area contributed by atoms with Gasteiger partial charge in [-0.15, -0.1) is 0 Å². The molecule has 116 valence electrons. The van der Waals surface area contributed by atoms with Gasteiger partial charge in [0.15, 0.2) is 5.84 Å². The van der Waals surface area contributed by atoms with E-state index in [1.807, 2.05) is 0 Å². The number of sulfone groups is 1. The van der Waals surface area contributed by atoms with Gasteiger partial charge in [0.25, 0.3) is 0 Å². The van der Waals surface area contributed by atoms with Crippen molar-refractivity contribution in [1.29, 1.82) is 0 Å². The van der Waals surface area contributed by atoms with Crippen molar-refractivity contribution in [3.05, 3.63) is 0 Å². The Kier molecular flexibility index (Phi) is 5.75. The molecule has 4 N–H and O–H groups in total. The maximum absolute atomic E-state index is 12.3. The number of nitrogens with one attached hydrogen (secondary N) is 1. The van der Waals surface area contributed by atoms with Crippen molar-refractivity contribution in [3.8, 4) is 0 Å². The molecule has 0 aromatic carbocycles. The molecule has 1 aliphatic heterocycles. The Hall–Kier alpha value is -1.35. The number of amides is 1. The largest absolute Gasteiger partial charge is 0.409 e. The summed E-state index contributed by atoms with van der Waals surface area (Å²) in [6.45, 7) is 0.938. The van der Waals surface area contributed by atoms with Crippen LogP contribution in [0, 0.1) is 5.41 Å². The van der Waals surface area contributed by atoms with Crippen LogP contribution in [-0.4, -0.2) is 57.1 Å². The molecule has 1 saturated heterocycles. The molecule has 20 heavy (non-hydrogen) atoms. The molecule has 8 nitrogen and oxygen atoms in total. The van der Waals surface area contributed by atoms with Crippen LogP contribution >= 0.6 is 0 Å². The van der Waals surface area contributed by atoms with Gasteiger partial charge in [-0.3, -0.25) is 4.79 Å². The van der Waals surface area contributed by atoms with E-state index in [2.05, 4.69) is 10.5 Å². The lowest BCUT2D eigenvalue weighted by molar-refractivity contribution is -0.131. The standard InChI is InChI=1S/C11H21N3O5S/c1-20(17,18)8-2-5-13-10(15)11(9(12)14-16)3-6-19-7-4-11/h16H,2-8H2,1H3,(H2,12,14)(H,13,15). The first-order valence-electron chi connectivity index (χ1n) is 6.33. The molecule has 0 spiro atoms. The van der Waals surface area contributed by atoms with E-state index in [4.69, 9.17) is 15.7 Å². The third-order valence-electron chi connectivity index (χ3n) is 3.36. The van der Waals surface area contributed by atoms with Gasteiger partial charge in [-0.25, -0.2) is 8.42 Å². The normalized spacial score (nSPS) is 19.6. The highest BCUT2D eigenvalue weighted by molar-refractivity contribution is 7.90. The summed E-state index contributed by atoms with van der Waals surface area (Å²) >= 11 is 0. The van der Waals surface area contributed by atoms with Crippen molar-refractivity contribution in [2.45, 2.75) is 19.3 Å². The zero-order valence-corrected chi connectivity index (χ0v) is 12.3. The number of hydrogen-bond acceptors (Lipinski definition) is 6. The molecule has 0 aliphatic carbocycles. The van der Waals surface area contributed by atoms with E-state index < -0.39 is 15.3 Å². The van der Waals surface area contributed by atoms with Crippen molar-refractivity contribution in [2.75, 3.05) is 31.8 Å². The van der Waals surface area contributed by atoms with Crippen LogP contribution in [0.5, 0.6) is 0 Å². The lowest BCUT2D eigenvalue weighted by Crippen LogP contribution is -2.53. The Labute approximate surface area is 118 Å². The fraction of sp³-hybridized carbons (Fsp3) is 0.818. The van der Waals surface area contributed by atoms with Crippen LogP contribution in [0.1, 0.15) is 19.3 Å². The number of amidine groups is 1. The second kappa shape index (κ2) is 6.89. The van der Waals surface area contributed by atoms with Crippen LogP contribution < -0.4 is 11.1 Å². The minimum Gasteiger partial charge on any atom is -0.409 e. The van der Waals surface area contributed by atoms with E-state index in [-0.39, 0.29) is 24.0 Å². The summed E-state index contributed by atoms with van der Waals surface area (Å²) in [4.78, 5) is 12.3. The number of carbonyl (C=O) groups excluding carboxylic acids is 1. The van der Waals surface area contributed by atoms with Crippen LogP contribution in [0.2, 0.25) is 0 Å². The topological polar surface area (TPSA) is 131 Å². The van der Waals surface area contributed by atoms with Crippen molar-refractivity contribution < 1.29 is 23.2 Å². The fourth-order valence-corrected chi connectivity index (χ4v) is 2.79. The predicted molar refractivity (Wildman–Crippen MR) is 73.2 cm³/mol. The van der Waals surface area contributed by atoms with Crippen LogP contribution in [0.25, 0.3) is 0 Å². The number of oxime groups is 1. The molecule has 1 heterocycles. The minimum atomic E-state index is -3.04. The highest BCUT2D eigenvalue weighted by atomic mass is 32.2. The summed E-state index contributed by atoms with van der Waals surface area (Å²) in [7, 11) is -3.04. The van der Waals surface area contributed by atoms with Crippen molar-refractivity contribution in [2.24, 2.45) is 16.3 Å². The average Bonchev–Trinajstić information content (AvgIpc) is 2.42. The summed E-state index contributed by atoms with van der Waals surface area (Å²) in [5, 5.41) is 14.4. The molecule has 1 fully saturated rings. The molecule has 0 saturated carbocycles. The quantitative estimate of drug-likeness (QED) is 0.191.